The van der Waals surface area contributed by atoms with E-state index in [0.717, 1.165) is 12.8 Å². The Hall–Kier alpha value is -2.04. The van der Waals surface area contributed by atoms with Crippen LogP contribution in [0.3, 0.4) is 0 Å². The number of rotatable bonds is 4. The summed E-state index contributed by atoms with van der Waals surface area (Å²) in [4.78, 5) is 25.5. The molecule has 1 saturated carbocycles. The summed E-state index contributed by atoms with van der Waals surface area (Å²) in [5, 5.41) is 12.3. The summed E-state index contributed by atoms with van der Waals surface area (Å²) in [5.74, 6) is -1.10. The number of likely N-dealkylation sites (tertiary alicyclic amines) is 1. The fourth-order valence-electron chi connectivity index (χ4n) is 4.15. The number of urea groups is 1. The summed E-state index contributed by atoms with van der Waals surface area (Å²) >= 11 is 0. The fraction of sp³-hybridized carbons (Fsp3) is 0.600. The van der Waals surface area contributed by atoms with Crippen LogP contribution in [0, 0.1) is 25.7 Å². The maximum atomic E-state index is 12.5. The number of hydrogen-bond acceptors (Lipinski definition) is 2. The van der Waals surface area contributed by atoms with Crippen LogP contribution in [0.1, 0.15) is 42.9 Å². The molecular weight excluding hydrogens is 316 g/mol. The highest BCUT2D eigenvalue weighted by Crippen LogP contribution is 2.48. The van der Waals surface area contributed by atoms with Crippen molar-refractivity contribution in [1.82, 2.24) is 10.2 Å². The van der Waals surface area contributed by atoms with Gasteiger partial charge in [-0.15, -0.1) is 0 Å². The molecule has 1 aromatic carbocycles. The first-order valence-electron chi connectivity index (χ1n) is 9.16. The fourth-order valence-corrected chi connectivity index (χ4v) is 4.15. The van der Waals surface area contributed by atoms with E-state index in [-0.39, 0.29) is 23.3 Å². The van der Waals surface area contributed by atoms with Gasteiger partial charge in [-0.25, -0.2) is 4.79 Å². The maximum absolute atomic E-state index is 12.5. The Balaban J connectivity index is 1.58. The van der Waals surface area contributed by atoms with Crippen LogP contribution in [0.4, 0.5) is 4.79 Å². The van der Waals surface area contributed by atoms with Crippen LogP contribution < -0.4 is 5.32 Å². The molecule has 2 unspecified atom stereocenters. The van der Waals surface area contributed by atoms with Crippen molar-refractivity contribution in [2.24, 2.45) is 11.8 Å². The van der Waals surface area contributed by atoms with E-state index in [2.05, 4.69) is 37.4 Å². The summed E-state index contributed by atoms with van der Waals surface area (Å²) in [7, 11) is 0. The number of aryl methyl sites for hydroxylation is 2. The lowest BCUT2D eigenvalue weighted by Gasteiger charge is -2.35. The summed E-state index contributed by atoms with van der Waals surface area (Å²) in [6.45, 7) is 7.84. The number of carboxylic acids is 1. The average molecular weight is 344 g/mol. The molecule has 0 spiro atoms. The van der Waals surface area contributed by atoms with E-state index in [1.807, 2.05) is 6.92 Å². The Morgan fingerprint density at radius 2 is 2.04 bits per heavy atom. The Morgan fingerprint density at radius 1 is 1.32 bits per heavy atom. The highest BCUT2D eigenvalue weighted by atomic mass is 16.4. The lowest BCUT2D eigenvalue weighted by Crippen LogP contribution is -2.50. The Kier molecular flexibility index (Phi) is 4.76. The third-order valence-electron chi connectivity index (χ3n) is 5.89. The molecule has 3 rings (SSSR count). The molecule has 5 nitrogen and oxygen atoms in total. The van der Waals surface area contributed by atoms with E-state index in [9.17, 15) is 14.7 Å². The van der Waals surface area contributed by atoms with Crippen molar-refractivity contribution in [1.29, 1.82) is 0 Å². The van der Waals surface area contributed by atoms with Gasteiger partial charge in [-0.3, -0.25) is 4.79 Å². The van der Waals surface area contributed by atoms with Gasteiger partial charge in [0.2, 0.25) is 0 Å². The third-order valence-corrected chi connectivity index (χ3v) is 5.89. The van der Waals surface area contributed by atoms with Crippen LogP contribution in [0.25, 0.3) is 0 Å². The minimum absolute atomic E-state index is 0.00812. The second-order valence-electron chi connectivity index (χ2n) is 7.91. The molecule has 25 heavy (non-hydrogen) atoms. The average Bonchev–Trinajstić information content (AvgIpc) is 3.33. The van der Waals surface area contributed by atoms with Crippen molar-refractivity contribution in [2.75, 3.05) is 19.6 Å². The van der Waals surface area contributed by atoms with Gasteiger partial charge in [0.15, 0.2) is 0 Å². The molecule has 1 aliphatic carbocycles. The molecule has 136 valence electrons. The van der Waals surface area contributed by atoms with Crippen LogP contribution in [0.5, 0.6) is 0 Å². The minimum Gasteiger partial charge on any atom is -0.481 e. The number of carbonyl (C=O) groups is 2. The van der Waals surface area contributed by atoms with E-state index in [1.165, 1.54) is 16.7 Å². The molecule has 2 amide bonds. The monoisotopic (exact) mass is 344 g/mol. The van der Waals surface area contributed by atoms with Gasteiger partial charge in [0.25, 0.3) is 0 Å². The SMILES string of the molecule is Cc1ccc(C2(CNC(=O)N3CCC(C(=O)O)C(C)C3)CC2)c(C)c1. The van der Waals surface area contributed by atoms with Crippen molar-refractivity contribution in [3.63, 3.8) is 0 Å². The van der Waals surface area contributed by atoms with Gasteiger partial charge in [0, 0.05) is 25.0 Å². The predicted octanol–water partition coefficient (Wildman–Crippen LogP) is 3.09. The quantitative estimate of drug-likeness (QED) is 0.882. The number of benzene rings is 1. The summed E-state index contributed by atoms with van der Waals surface area (Å²) in [6.07, 6.45) is 2.75. The van der Waals surface area contributed by atoms with Crippen molar-refractivity contribution in [3.05, 3.63) is 34.9 Å². The van der Waals surface area contributed by atoms with Crippen molar-refractivity contribution in [2.45, 2.75) is 45.4 Å². The van der Waals surface area contributed by atoms with Crippen molar-refractivity contribution in [3.8, 4) is 0 Å². The Bertz CT molecular complexity index is 682. The van der Waals surface area contributed by atoms with Crippen LogP contribution in [0.2, 0.25) is 0 Å². The van der Waals surface area contributed by atoms with Crippen LogP contribution in [-0.4, -0.2) is 41.6 Å². The van der Waals surface area contributed by atoms with Crippen molar-refractivity contribution >= 4 is 12.0 Å². The number of amides is 2. The highest BCUT2D eigenvalue weighted by Gasteiger charge is 2.45. The zero-order chi connectivity index (χ0) is 18.2. The Labute approximate surface area is 149 Å². The van der Waals surface area contributed by atoms with E-state index in [0.29, 0.717) is 26.1 Å². The molecule has 2 atom stereocenters. The standard InChI is InChI=1S/C20H28N2O3/c1-13-4-5-17(14(2)10-13)20(7-8-20)12-21-19(25)22-9-6-16(18(23)24)15(3)11-22/h4-5,10,15-16H,6-9,11-12H2,1-3H3,(H,21,25)(H,23,24). The minimum atomic E-state index is -0.751. The molecule has 1 saturated heterocycles. The Morgan fingerprint density at radius 3 is 2.60 bits per heavy atom. The highest BCUT2D eigenvalue weighted by molar-refractivity contribution is 5.75. The molecule has 2 N–H and O–H groups in total. The second kappa shape index (κ2) is 6.70. The summed E-state index contributed by atoms with van der Waals surface area (Å²) in [6, 6.07) is 6.48. The topological polar surface area (TPSA) is 69.6 Å². The third kappa shape index (κ3) is 3.65. The van der Waals surface area contributed by atoms with Gasteiger partial charge in [-0.05, 0) is 50.2 Å². The van der Waals surface area contributed by atoms with Crippen LogP contribution in [-0.2, 0) is 10.2 Å². The number of hydrogen-bond donors (Lipinski definition) is 2. The van der Waals surface area contributed by atoms with Crippen LogP contribution >= 0.6 is 0 Å². The number of nitrogens with one attached hydrogen (secondary N) is 1. The predicted molar refractivity (Wildman–Crippen MR) is 96.7 cm³/mol. The largest absolute Gasteiger partial charge is 0.481 e. The second-order valence-corrected chi connectivity index (χ2v) is 7.91. The van der Waals surface area contributed by atoms with E-state index in [1.54, 1.807) is 4.90 Å². The molecule has 0 radical (unpaired) electrons. The lowest BCUT2D eigenvalue weighted by atomic mass is 9.87. The van der Waals surface area contributed by atoms with E-state index >= 15 is 0 Å². The number of carboxylic acid groups (broad SMARTS) is 1. The van der Waals surface area contributed by atoms with E-state index < -0.39 is 5.97 Å². The number of aliphatic carboxylic acids is 1. The first kappa shape index (κ1) is 17.8. The molecule has 0 aromatic heterocycles. The summed E-state index contributed by atoms with van der Waals surface area (Å²) < 4.78 is 0. The summed E-state index contributed by atoms with van der Waals surface area (Å²) in [5.41, 5.74) is 3.98. The van der Waals surface area contributed by atoms with E-state index in [4.69, 9.17) is 0 Å². The number of nitrogens with zero attached hydrogens (tertiary/aromatic N) is 1. The molecule has 5 heteroatoms. The van der Waals surface area contributed by atoms with Gasteiger partial charge in [-0.2, -0.15) is 0 Å². The van der Waals surface area contributed by atoms with Gasteiger partial charge in [-0.1, -0.05) is 30.7 Å². The zero-order valence-corrected chi connectivity index (χ0v) is 15.3. The number of piperidine rings is 1. The van der Waals surface area contributed by atoms with Crippen molar-refractivity contribution < 1.29 is 14.7 Å². The van der Waals surface area contributed by atoms with Gasteiger partial charge in [0.05, 0.1) is 5.92 Å². The molecule has 1 heterocycles. The molecule has 2 aliphatic rings. The van der Waals surface area contributed by atoms with Crippen LogP contribution in [0.15, 0.2) is 18.2 Å². The van der Waals surface area contributed by atoms with Gasteiger partial charge >= 0.3 is 12.0 Å². The molecule has 2 fully saturated rings. The normalized spacial score (nSPS) is 24.7. The molecule has 1 aromatic rings. The molecule has 1 aliphatic heterocycles. The number of carbonyl (C=O) groups excluding carboxylic acids is 1. The smallest absolute Gasteiger partial charge is 0.317 e. The molecular formula is C20H28N2O3. The molecule has 0 bridgehead atoms. The van der Waals surface area contributed by atoms with Gasteiger partial charge in [0.1, 0.15) is 0 Å². The first-order chi connectivity index (χ1) is 11.8. The maximum Gasteiger partial charge on any atom is 0.317 e. The first-order valence-corrected chi connectivity index (χ1v) is 9.16. The zero-order valence-electron chi connectivity index (χ0n) is 15.3. The van der Waals surface area contributed by atoms with Gasteiger partial charge < -0.3 is 15.3 Å². The lowest BCUT2D eigenvalue weighted by molar-refractivity contribution is -0.145.